The van der Waals surface area contributed by atoms with Crippen LogP contribution in [0.25, 0.3) is 0 Å². The minimum Gasteiger partial charge on any atom is -0.454 e. The van der Waals surface area contributed by atoms with E-state index in [0.29, 0.717) is 22.9 Å². The molecule has 0 radical (unpaired) electrons. The number of carbonyl (C=O) groups is 1. The molecule has 8 heteroatoms. The van der Waals surface area contributed by atoms with Crippen LogP contribution >= 0.6 is 11.8 Å². The number of nitro groups is 1. The number of nitrogens with zero attached hydrogens (tertiary/aromatic N) is 1. The summed E-state index contributed by atoms with van der Waals surface area (Å²) in [5, 5.41) is 13.5. The van der Waals surface area contributed by atoms with Gasteiger partial charge in [0.15, 0.2) is 11.5 Å². The summed E-state index contributed by atoms with van der Waals surface area (Å²) in [6.07, 6.45) is 0. The van der Waals surface area contributed by atoms with Crippen molar-refractivity contribution < 1.29 is 19.2 Å². The van der Waals surface area contributed by atoms with Gasteiger partial charge in [0.25, 0.3) is 5.69 Å². The highest BCUT2D eigenvalue weighted by Gasteiger charge is 2.14. The van der Waals surface area contributed by atoms with Crippen molar-refractivity contribution in [1.82, 2.24) is 0 Å². The fourth-order valence-electron chi connectivity index (χ4n) is 2.19. The lowest BCUT2D eigenvalue weighted by Gasteiger charge is -2.06. The summed E-state index contributed by atoms with van der Waals surface area (Å²) in [6.45, 7) is 0.186. The summed E-state index contributed by atoms with van der Waals surface area (Å²) in [4.78, 5) is 22.3. The van der Waals surface area contributed by atoms with Gasteiger partial charge in [-0.15, -0.1) is 11.8 Å². The zero-order valence-corrected chi connectivity index (χ0v) is 13.4. The van der Waals surface area contributed by atoms with Crippen molar-refractivity contribution in [2.45, 2.75) is 5.75 Å². The number of ether oxygens (including phenoxy) is 2. The van der Waals surface area contributed by atoms with Crippen LogP contribution in [0.3, 0.4) is 0 Å². The van der Waals surface area contributed by atoms with Crippen LogP contribution in [0.15, 0.2) is 42.5 Å². The average Bonchev–Trinajstić information content (AvgIpc) is 3.03. The predicted molar refractivity (Wildman–Crippen MR) is 90.5 cm³/mol. The quantitative estimate of drug-likeness (QED) is 0.638. The summed E-state index contributed by atoms with van der Waals surface area (Å²) in [5.41, 5.74) is 1.50. The van der Waals surface area contributed by atoms with E-state index in [1.54, 1.807) is 30.3 Å². The number of hydrogen-bond donors (Lipinski definition) is 1. The van der Waals surface area contributed by atoms with Gasteiger partial charge in [-0.2, -0.15) is 0 Å². The Hall–Kier alpha value is -2.74. The van der Waals surface area contributed by atoms with Crippen LogP contribution in [-0.4, -0.2) is 23.4 Å². The van der Waals surface area contributed by atoms with E-state index in [1.165, 1.54) is 23.9 Å². The first-order valence-electron chi connectivity index (χ1n) is 7.12. The van der Waals surface area contributed by atoms with Crippen molar-refractivity contribution in [1.29, 1.82) is 0 Å². The normalized spacial score (nSPS) is 12.0. The monoisotopic (exact) mass is 346 g/mol. The Bertz CT molecular complexity index is 781. The van der Waals surface area contributed by atoms with Crippen molar-refractivity contribution in [3.05, 3.63) is 58.1 Å². The van der Waals surface area contributed by atoms with Crippen LogP contribution < -0.4 is 14.8 Å². The van der Waals surface area contributed by atoms with E-state index < -0.39 is 4.92 Å². The molecule has 0 saturated carbocycles. The summed E-state index contributed by atoms with van der Waals surface area (Å²) in [5.74, 6) is 1.89. The molecule has 0 atom stereocenters. The zero-order chi connectivity index (χ0) is 16.9. The molecule has 2 aromatic carbocycles. The van der Waals surface area contributed by atoms with Crippen LogP contribution in [-0.2, 0) is 10.5 Å². The predicted octanol–water partition coefficient (Wildman–Crippen LogP) is 3.20. The molecule has 1 heterocycles. The second kappa shape index (κ2) is 7.22. The first kappa shape index (κ1) is 16.1. The third-order valence-electron chi connectivity index (χ3n) is 3.28. The standard InChI is InChI=1S/C16H14N2O5S/c19-16(17-12-4-5-14-15(7-12)23-10-22-14)9-24-8-11-2-1-3-13(6-11)18(20)21/h1-7H,8-10H2,(H,17,19). The van der Waals surface area contributed by atoms with Gasteiger partial charge in [-0.05, 0) is 17.7 Å². The van der Waals surface area contributed by atoms with Gasteiger partial charge in [0.1, 0.15) is 0 Å². The third-order valence-corrected chi connectivity index (χ3v) is 4.28. The highest BCUT2D eigenvalue weighted by atomic mass is 32.2. The Labute approximate surface area is 142 Å². The molecular formula is C16H14N2O5S. The number of non-ortho nitro benzene ring substituents is 1. The molecule has 0 spiro atoms. The first-order valence-corrected chi connectivity index (χ1v) is 8.28. The van der Waals surface area contributed by atoms with E-state index in [9.17, 15) is 14.9 Å². The fraction of sp³-hybridized carbons (Fsp3) is 0.188. The Balaban J connectivity index is 1.49. The number of thioether (sulfide) groups is 1. The molecule has 2 aromatic rings. The lowest BCUT2D eigenvalue weighted by molar-refractivity contribution is -0.384. The van der Waals surface area contributed by atoms with Gasteiger partial charge in [-0.3, -0.25) is 14.9 Å². The van der Waals surface area contributed by atoms with E-state index >= 15 is 0 Å². The molecule has 3 rings (SSSR count). The highest BCUT2D eigenvalue weighted by Crippen LogP contribution is 2.34. The van der Waals surface area contributed by atoms with Crippen molar-refractivity contribution in [2.24, 2.45) is 0 Å². The minimum absolute atomic E-state index is 0.0536. The van der Waals surface area contributed by atoms with E-state index in [0.717, 1.165) is 5.56 Å². The number of fused-ring (bicyclic) bond motifs is 1. The molecule has 1 amide bonds. The molecular weight excluding hydrogens is 332 g/mol. The third kappa shape index (κ3) is 3.96. The number of hydrogen-bond acceptors (Lipinski definition) is 6. The Morgan fingerprint density at radius 1 is 1.21 bits per heavy atom. The molecule has 7 nitrogen and oxygen atoms in total. The summed E-state index contributed by atoms with van der Waals surface area (Å²) in [7, 11) is 0. The van der Waals surface area contributed by atoms with E-state index in [-0.39, 0.29) is 24.1 Å². The second-order valence-electron chi connectivity index (χ2n) is 5.04. The van der Waals surface area contributed by atoms with Gasteiger partial charge in [0, 0.05) is 29.6 Å². The van der Waals surface area contributed by atoms with Gasteiger partial charge in [0.05, 0.1) is 10.7 Å². The molecule has 1 aliphatic rings. The maximum atomic E-state index is 12.0. The zero-order valence-electron chi connectivity index (χ0n) is 12.6. The van der Waals surface area contributed by atoms with Crippen LogP contribution in [0.1, 0.15) is 5.56 Å². The molecule has 0 unspecified atom stereocenters. The largest absolute Gasteiger partial charge is 0.454 e. The molecule has 1 aliphatic heterocycles. The fourth-order valence-corrected chi connectivity index (χ4v) is 2.97. The molecule has 1 N–H and O–H groups in total. The SMILES string of the molecule is O=C(CSCc1cccc([N+](=O)[O-])c1)Nc1ccc2c(c1)OCO2. The van der Waals surface area contributed by atoms with Gasteiger partial charge >= 0.3 is 0 Å². The van der Waals surface area contributed by atoms with Gasteiger partial charge in [0.2, 0.25) is 12.7 Å². The van der Waals surface area contributed by atoms with Crippen LogP contribution in [0.2, 0.25) is 0 Å². The highest BCUT2D eigenvalue weighted by molar-refractivity contribution is 7.99. The molecule has 0 fully saturated rings. The van der Waals surface area contributed by atoms with Crippen LogP contribution in [0.5, 0.6) is 11.5 Å². The Morgan fingerprint density at radius 3 is 2.88 bits per heavy atom. The van der Waals surface area contributed by atoms with Gasteiger partial charge in [-0.1, -0.05) is 12.1 Å². The van der Waals surface area contributed by atoms with Crippen molar-refractivity contribution in [2.75, 3.05) is 17.9 Å². The number of rotatable bonds is 6. The lowest BCUT2D eigenvalue weighted by atomic mass is 10.2. The number of anilines is 1. The Morgan fingerprint density at radius 2 is 2.04 bits per heavy atom. The molecule has 0 bridgehead atoms. The van der Waals surface area contributed by atoms with Gasteiger partial charge < -0.3 is 14.8 Å². The molecule has 124 valence electrons. The molecule has 24 heavy (non-hydrogen) atoms. The van der Waals surface area contributed by atoms with Gasteiger partial charge in [-0.25, -0.2) is 0 Å². The van der Waals surface area contributed by atoms with Crippen molar-refractivity contribution >= 4 is 29.0 Å². The van der Waals surface area contributed by atoms with Crippen molar-refractivity contribution in [3.8, 4) is 11.5 Å². The average molecular weight is 346 g/mol. The van der Waals surface area contributed by atoms with Crippen LogP contribution in [0.4, 0.5) is 11.4 Å². The topological polar surface area (TPSA) is 90.7 Å². The number of nitrogens with one attached hydrogen (secondary N) is 1. The first-order chi connectivity index (χ1) is 11.6. The molecule has 0 aliphatic carbocycles. The maximum absolute atomic E-state index is 12.0. The smallest absolute Gasteiger partial charge is 0.269 e. The maximum Gasteiger partial charge on any atom is 0.269 e. The Kier molecular flexibility index (Phi) is 4.85. The number of nitro benzene ring substituents is 1. The second-order valence-corrected chi connectivity index (χ2v) is 6.02. The van der Waals surface area contributed by atoms with Crippen molar-refractivity contribution in [3.63, 3.8) is 0 Å². The minimum atomic E-state index is -0.430. The summed E-state index contributed by atoms with van der Waals surface area (Å²) in [6, 6.07) is 11.6. The lowest BCUT2D eigenvalue weighted by Crippen LogP contribution is -2.14. The summed E-state index contributed by atoms with van der Waals surface area (Å²) >= 11 is 1.39. The van der Waals surface area contributed by atoms with E-state index in [1.807, 2.05) is 0 Å². The van der Waals surface area contributed by atoms with E-state index in [2.05, 4.69) is 5.32 Å². The number of amides is 1. The number of carbonyl (C=O) groups excluding carboxylic acids is 1. The van der Waals surface area contributed by atoms with Crippen LogP contribution in [0, 0.1) is 10.1 Å². The molecule has 0 aromatic heterocycles. The van der Waals surface area contributed by atoms with E-state index in [4.69, 9.17) is 9.47 Å². The summed E-state index contributed by atoms with van der Waals surface area (Å²) < 4.78 is 10.5. The number of benzene rings is 2. The molecule has 0 saturated heterocycles.